The molecule has 0 saturated carbocycles. The smallest absolute Gasteiger partial charge is 0.310 e. The molecule has 1 atom stereocenters. The molecular weight excluding hydrogens is 377 g/mol. The molecule has 1 N–H and O–H groups in total. The van der Waals surface area contributed by atoms with Crippen LogP contribution in [0, 0.1) is 0 Å². The predicted octanol–water partition coefficient (Wildman–Crippen LogP) is 3.97. The van der Waals surface area contributed by atoms with Crippen molar-refractivity contribution >= 4 is 35.1 Å². The molecule has 7 heteroatoms. The third-order valence-electron chi connectivity index (χ3n) is 3.69. The summed E-state index contributed by atoms with van der Waals surface area (Å²) < 4.78 is 10.2. The van der Waals surface area contributed by atoms with Crippen LogP contribution in [0.4, 0.5) is 0 Å². The van der Waals surface area contributed by atoms with E-state index in [1.54, 1.807) is 30.3 Å². The van der Waals surface area contributed by atoms with Gasteiger partial charge in [0.2, 0.25) is 0 Å². The molecule has 0 aliphatic carbocycles. The normalized spacial score (nSPS) is 11.5. The summed E-state index contributed by atoms with van der Waals surface area (Å²) in [5.74, 6) is -0.397. The number of carbonyl (C=O) groups is 2. The van der Waals surface area contributed by atoms with E-state index in [1.807, 2.05) is 19.1 Å². The summed E-state index contributed by atoms with van der Waals surface area (Å²) in [5.41, 5.74) is 1.50. The van der Waals surface area contributed by atoms with Gasteiger partial charge in [0.25, 0.3) is 5.91 Å². The van der Waals surface area contributed by atoms with Gasteiger partial charge in [-0.2, -0.15) is 0 Å². The molecule has 2 rings (SSSR count). The van der Waals surface area contributed by atoms with Gasteiger partial charge in [0.1, 0.15) is 5.75 Å². The molecule has 0 heterocycles. The highest BCUT2D eigenvalue weighted by Crippen LogP contribution is 2.23. The van der Waals surface area contributed by atoms with Gasteiger partial charge in [0, 0.05) is 15.6 Å². The maximum atomic E-state index is 12.0. The van der Waals surface area contributed by atoms with E-state index in [9.17, 15) is 9.59 Å². The van der Waals surface area contributed by atoms with E-state index in [2.05, 4.69) is 5.32 Å². The Bertz CT molecular complexity index is 778. The average molecular weight is 396 g/mol. The quantitative estimate of drug-likeness (QED) is 0.720. The zero-order valence-electron chi connectivity index (χ0n) is 14.4. The van der Waals surface area contributed by atoms with Gasteiger partial charge in [0.15, 0.2) is 6.61 Å². The molecule has 0 aliphatic rings. The third kappa shape index (κ3) is 5.93. The molecule has 2 aromatic rings. The first-order chi connectivity index (χ1) is 12.4. The van der Waals surface area contributed by atoms with Gasteiger partial charge in [-0.3, -0.25) is 9.59 Å². The summed E-state index contributed by atoms with van der Waals surface area (Å²) in [6, 6.07) is 11.9. The molecular formula is C19H19Cl2NO4. The van der Waals surface area contributed by atoms with E-state index in [0.717, 1.165) is 5.56 Å². The number of ether oxygens (including phenoxy) is 2. The molecule has 2 aromatic carbocycles. The lowest BCUT2D eigenvalue weighted by atomic mass is 10.1. The minimum atomic E-state index is -0.542. The first-order valence-electron chi connectivity index (χ1n) is 7.92. The molecule has 0 bridgehead atoms. The second-order valence-electron chi connectivity index (χ2n) is 5.63. The number of rotatable bonds is 7. The second kappa shape index (κ2) is 9.46. The number of benzene rings is 2. The standard InChI is InChI=1S/C19H19Cl2NO4/c1-12(13-3-5-15(20)6-4-13)22-18(23)11-26-19(24)10-14-9-16(21)7-8-17(14)25-2/h3-9,12H,10-11H2,1-2H3,(H,22,23)/t12-/m0/s1. The van der Waals surface area contributed by atoms with E-state index in [-0.39, 0.29) is 25.0 Å². The summed E-state index contributed by atoms with van der Waals surface area (Å²) in [5, 5.41) is 3.87. The first-order valence-corrected chi connectivity index (χ1v) is 8.67. The van der Waals surface area contributed by atoms with E-state index >= 15 is 0 Å². The number of nitrogens with one attached hydrogen (secondary N) is 1. The zero-order chi connectivity index (χ0) is 19.1. The van der Waals surface area contributed by atoms with Crippen LogP contribution in [0.15, 0.2) is 42.5 Å². The van der Waals surface area contributed by atoms with Crippen LogP contribution in [0.3, 0.4) is 0 Å². The van der Waals surface area contributed by atoms with Crippen LogP contribution in [-0.4, -0.2) is 25.6 Å². The molecule has 26 heavy (non-hydrogen) atoms. The predicted molar refractivity (Wildman–Crippen MR) is 101 cm³/mol. The fourth-order valence-corrected chi connectivity index (χ4v) is 2.68. The van der Waals surface area contributed by atoms with Crippen molar-refractivity contribution in [2.45, 2.75) is 19.4 Å². The van der Waals surface area contributed by atoms with Crippen molar-refractivity contribution in [3.63, 3.8) is 0 Å². The van der Waals surface area contributed by atoms with Crippen molar-refractivity contribution in [2.75, 3.05) is 13.7 Å². The Kier molecular flexibility index (Phi) is 7.30. The second-order valence-corrected chi connectivity index (χ2v) is 6.51. The van der Waals surface area contributed by atoms with Crippen molar-refractivity contribution in [2.24, 2.45) is 0 Å². The molecule has 1 amide bonds. The minimum Gasteiger partial charge on any atom is -0.496 e. The number of hydrogen-bond donors (Lipinski definition) is 1. The number of carbonyl (C=O) groups excluding carboxylic acids is 2. The van der Waals surface area contributed by atoms with E-state index in [4.69, 9.17) is 32.7 Å². The molecule has 0 spiro atoms. The number of amides is 1. The van der Waals surface area contributed by atoms with Crippen molar-refractivity contribution in [1.29, 1.82) is 0 Å². The highest BCUT2D eigenvalue weighted by atomic mass is 35.5. The van der Waals surface area contributed by atoms with Gasteiger partial charge >= 0.3 is 5.97 Å². The molecule has 0 unspecified atom stereocenters. The zero-order valence-corrected chi connectivity index (χ0v) is 15.9. The number of methoxy groups -OCH3 is 1. The maximum absolute atomic E-state index is 12.0. The topological polar surface area (TPSA) is 64.6 Å². The fourth-order valence-electron chi connectivity index (χ4n) is 2.36. The Labute approximate surface area is 162 Å². The summed E-state index contributed by atoms with van der Waals surface area (Å²) in [4.78, 5) is 23.9. The van der Waals surface area contributed by atoms with Crippen LogP contribution < -0.4 is 10.1 Å². The van der Waals surface area contributed by atoms with E-state index < -0.39 is 5.97 Å². The van der Waals surface area contributed by atoms with Crippen molar-refractivity contribution in [1.82, 2.24) is 5.32 Å². The lowest BCUT2D eigenvalue weighted by Crippen LogP contribution is -2.31. The highest BCUT2D eigenvalue weighted by Gasteiger charge is 2.14. The minimum absolute atomic E-state index is 0.0379. The molecule has 0 fully saturated rings. The molecule has 0 aromatic heterocycles. The van der Waals surface area contributed by atoms with Gasteiger partial charge in [0.05, 0.1) is 19.6 Å². The Morgan fingerprint density at radius 3 is 2.38 bits per heavy atom. The first kappa shape index (κ1) is 20.1. The molecule has 0 aliphatic heterocycles. The van der Waals surface area contributed by atoms with Crippen LogP contribution in [0.1, 0.15) is 24.1 Å². The van der Waals surface area contributed by atoms with Gasteiger partial charge in [-0.25, -0.2) is 0 Å². The Balaban J connectivity index is 1.84. The van der Waals surface area contributed by atoms with Crippen LogP contribution in [0.25, 0.3) is 0 Å². The Hall–Kier alpha value is -2.24. The highest BCUT2D eigenvalue weighted by molar-refractivity contribution is 6.30. The Morgan fingerprint density at radius 2 is 1.73 bits per heavy atom. The SMILES string of the molecule is COc1ccc(Cl)cc1CC(=O)OCC(=O)N[C@@H](C)c1ccc(Cl)cc1. The van der Waals surface area contributed by atoms with Crippen LogP contribution in [-0.2, 0) is 20.7 Å². The summed E-state index contributed by atoms with van der Waals surface area (Å²) in [7, 11) is 1.50. The number of hydrogen-bond acceptors (Lipinski definition) is 4. The third-order valence-corrected chi connectivity index (χ3v) is 4.18. The van der Waals surface area contributed by atoms with Crippen LogP contribution in [0.5, 0.6) is 5.75 Å². The molecule has 138 valence electrons. The van der Waals surface area contributed by atoms with Gasteiger partial charge in [-0.15, -0.1) is 0 Å². The number of esters is 1. The summed E-state index contributed by atoms with van der Waals surface area (Å²) >= 11 is 11.8. The molecule has 0 saturated heterocycles. The van der Waals surface area contributed by atoms with Crippen molar-refractivity contribution in [3.8, 4) is 5.75 Å². The lowest BCUT2D eigenvalue weighted by molar-refractivity contribution is -0.148. The van der Waals surface area contributed by atoms with Gasteiger partial charge in [-0.1, -0.05) is 35.3 Å². The lowest BCUT2D eigenvalue weighted by Gasteiger charge is -2.14. The van der Waals surface area contributed by atoms with E-state index in [1.165, 1.54) is 7.11 Å². The number of halogens is 2. The Morgan fingerprint density at radius 1 is 1.08 bits per heavy atom. The van der Waals surface area contributed by atoms with Crippen molar-refractivity contribution < 1.29 is 19.1 Å². The monoisotopic (exact) mass is 395 g/mol. The van der Waals surface area contributed by atoms with E-state index in [0.29, 0.717) is 21.4 Å². The molecule has 0 radical (unpaired) electrons. The summed E-state index contributed by atoms with van der Waals surface area (Å²) in [6.07, 6.45) is -0.0379. The van der Waals surface area contributed by atoms with Crippen molar-refractivity contribution in [3.05, 3.63) is 63.6 Å². The van der Waals surface area contributed by atoms with Crippen LogP contribution in [0.2, 0.25) is 10.0 Å². The fraction of sp³-hybridized carbons (Fsp3) is 0.263. The molecule has 5 nitrogen and oxygen atoms in total. The van der Waals surface area contributed by atoms with Crippen LogP contribution >= 0.6 is 23.2 Å². The maximum Gasteiger partial charge on any atom is 0.310 e. The average Bonchev–Trinajstić information content (AvgIpc) is 2.60. The van der Waals surface area contributed by atoms with Gasteiger partial charge < -0.3 is 14.8 Å². The van der Waals surface area contributed by atoms with Gasteiger partial charge in [-0.05, 0) is 42.8 Å². The summed E-state index contributed by atoms with van der Waals surface area (Å²) in [6.45, 7) is 1.47. The largest absolute Gasteiger partial charge is 0.496 e.